The largest absolute Gasteiger partial charge is 0.378 e. The number of rotatable bonds is 2. The molecule has 59 valence electrons. The summed E-state index contributed by atoms with van der Waals surface area (Å²) in [6.07, 6.45) is 0. The Bertz CT molecular complexity index is 211. The lowest BCUT2D eigenvalue weighted by molar-refractivity contribution is 1.11. The van der Waals surface area contributed by atoms with E-state index in [1.807, 2.05) is 0 Å². The van der Waals surface area contributed by atoms with Crippen molar-refractivity contribution in [1.29, 1.82) is 0 Å². The fourth-order valence-electron chi connectivity index (χ4n) is 0.926. The Kier molecular flexibility index (Phi) is 2.53. The fourth-order valence-corrected chi connectivity index (χ4v) is 0.926. The summed E-state index contributed by atoms with van der Waals surface area (Å²) in [5.74, 6) is 0. The van der Waals surface area contributed by atoms with E-state index in [1.165, 1.54) is 11.6 Å². The van der Waals surface area contributed by atoms with Crippen LogP contribution in [0.25, 0.3) is 0 Å². The first-order valence-corrected chi connectivity index (χ1v) is 3.82. The predicted molar refractivity (Wildman–Crippen MR) is 49.4 cm³/mol. The molecule has 1 aromatic carbocycles. The van der Waals surface area contributed by atoms with Gasteiger partial charge in [-0.25, -0.2) is 0 Å². The van der Waals surface area contributed by atoms with Gasteiger partial charge < -0.3 is 5.32 Å². The minimum Gasteiger partial charge on any atom is -0.378 e. The molecule has 0 aliphatic heterocycles. The number of benzene rings is 1. The van der Waals surface area contributed by atoms with Crippen LogP contribution < -0.4 is 5.32 Å². The van der Waals surface area contributed by atoms with Gasteiger partial charge in [-0.3, -0.25) is 0 Å². The molecule has 0 unspecified atom stereocenters. The topological polar surface area (TPSA) is 12.0 Å². The molecule has 1 N–H and O–H groups in total. The van der Waals surface area contributed by atoms with Crippen molar-refractivity contribution in [1.82, 2.24) is 0 Å². The van der Waals surface area contributed by atoms with Crippen LogP contribution in [0.5, 0.6) is 0 Å². The molecule has 0 fully saturated rings. The zero-order chi connectivity index (χ0) is 8.27. The number of hydrogen-bond donors (Lipinski definition) is 1. The lowest BCUT2D eigenvalue weighted by Crippen LogP contribution is -2.00. The van der Waals surface area contributed by atoms with Gasteiger partial charge in [0.15, 0.2) is 0 Å². The minimum atomic E-state index is 1.16. The molecular formula is C10H14N. The molecule has 0 aromatic heterocycles. The first-order chi connectivity index (χ1) is 5.18. The molecule has 0 saturated carbocycles. The maximum absolute atomic E-state index is 3.25. The molecule has 0 amide bonds. The quantitative estimate of drug-likeness (QED) is 0.679. The minimum absolute atomic E-state index is 1.16. The molecule has 0 saturated heterocycles. The lowest BCUT2D eigenvalue weighted by atomic mass is 10.2. The van der Waals surface area contributed by atoms with Gasteiger partial charge in [0, 0.05) is 5.69 Å². The van der Waals surface area contributed by atoms with Crippen molar-refractivity contribution in [3.8, 4) is 0 Å². The van der Waals surface area contributed by atoms with Gasteiger partial charge in [0.2, 0.25) is 0 Å². The van der Waals surface area contributed by atoms with Gasteiger partial charge >= 0.3 is 0 Å². The molecule has 0 aliphatic rings. The van der Waals surface area contributed by atoms with Crippen LogP contribution in [0, 0.1) is 13.0 Å². The van der Waals surface area contributed by atoms with E-state index in [2.05, 4.69) is 50.4 Å². The molecule has 0 atom stereocenters. The summed E-state index contributed by atoms with van der Waals surface area (Å²) in [6.45, 7) is 6.20. The molecule has 0 aliphatic carbocycles. The van der Waals surface area contributed by atoms with Crippen LogP contribution in [0.3, 0.4) is 0 Å². The predicted octanol–water partition coefficient (Wildman–Crippen LogP) is 2.98. The highest BCUT2D eigenvalue weighted by Crippen LogP contribution is 2.11. The third kappa shape index (κ3) is 2.62. The average molecular weight is 148 g/mol. The van der Waals surface area contributed by atoms with Crippen molar-refractivity contribution in [2.75, 3.05) is 5.32 Å². The molecule has 1 nitrogen and oxygen atoms in total. The van der Waals surface area contributed by atoms with E-state index in [0.717, 1.165) is 5.69 Å². The first kappa shape index (κ1) is 8.12. The Morgan fingerprint density at radius 2 is 1.64 bits per heavy atom. The van der Waals surface area contributed by atoms with Crippen molar-refractivity contribution >= 4 is 5.69 Å². The van der Waals surface area contributed by atoms with Gasteiger partial charge in [-0.1, -0.05) is 17.7 Å². The maximum Gasteiger partial charge on any atom is 0.0541 e. The van der Waals surface area contributed by atoms with Crippen LogP contribution in [0.1, 0.15) is 19.4 Å². The van der Waals surface area contributed by atoms with Crippen molar-refractivity contribution in [2.24, 2.45) is 0 Å². The Morgan fingerprint density at radius 3 is 2.09 bits per heavy atom. The van der Waals surface area contributed by atoms with Crippen LogP contribution in [-0.4, -0.2) is 0 Å². The molecule has 0 spiro atoms. The monoisotopic (exact) mass is 148 g/mol. The van der Waals surface area contributed by atoms with Gasteiger partial charge in [0.1, 0.15) is 0 Å². The highest BCUT2D eigenvalue weighted by Gasteiger charge is 1.93. The smallest absolute Gasteiger partial charge is 0.0541 e. The van der Waals surface area contributed by atoms with E-state index in [-0.39, 0.29) is 0 Å². The van der Waals surface area contributed by atoms with E-state index in [0.29, 0.717) is 0 Å². The zero-order valence-electron chi connectivity index (χ0n) is 7.31. The van der Waals surface area contributed by atoms with Gasteiger partial charge in [0.05, 0.1) is 6.04 Å². The lowest BCUT2D eigenvalue weighted by Gasteiger charge is -2.08. The summed E-state index contributed by atoms with van der Waals surface area (Å²) >= 11 is 0. The van der Waals surface area contributed by atoms with E-state index in [1.54, 1.807) is 0 Å². The van der Waals surface area contributed by atoms with Crippen molar-refractivity contribution in [3.63, 3.8) is 0 Å². The molecule has 1 aromatic rings. The molecule has 0 heterocycles. The standard InChI is InChI=1S/C10H14N/c1-8(2)11-10-6-4-9(3)5-7-10/h4-7,11H,1-3H3. The van der Waals surface area contributed by atoms with E-state index >= 15 is 0 Å². The maximum atomic E-state index is 3.25. The van der Waals surface area contributed by atoms with Crippen LogP contribution in [0.2, 0.25) is 0 Å². The van der Waals surface area contributed by atoms with Gasteiger partial charge in [-0.2, -0.15) is 0 Å². The zero-order valence-corrected chi connectivity index (χ0v) is 7.31. The van der Waals surface area contributed by atoms with Crippen molar-refractivity contribution < 1.29 is 0 Å². The summed E-state index contributed by atoms with van der Waals surface area (Å²) < 4.78 is 0. The molecule has 11 heavy (non-hydrogen) atoms. The van der Waals surface area contributed by atoms with Gasteiger partial charge in [-0.05, 0) is 32.9 Å². The fraction of sp³-hybridized carbons (Fsp3) is 0.300. The second kappa shape index (κ2) is 3.42. The first-order valence-electron chi connectivity index (χ1n) is 3.82. The van der Waals surface area contributed by atoms with Crippen molar-refractivity contribution in [2.45, 2.75) is 20.8 Å². The Hall–Kier alpha value is -0.980. The Balaban J connectivity index is 2.66. The molecular weight excluding hydrogens is 134 g/mol. The summed E-state index contributed by atoms with van der Waals surface area (Å²) in [7, 11) is 0. The summed E-state index contributed by atoms with van der Waals surface area (Å²) in [6, 6.07) is 9.59. The average Bonchev–Trinajstić information content (AvgIpc) is 1.93. The van der Waals surface area contributed by atoms with Gasteiger partial charge in [0.25, 0.3) is 0 Å². The van der Waals surface area contributed by atoms with Crippen LogP contribution in [0.15, 0.2) is 24.3 Å². The molecule has 1 rings (SSSR count). The third-order valence-corrected chi connectivity index (χ3v) is 1.45. The summed E-state index contributed by atoms with van der Waals surface area (Å²) in [4.78, 5) is 0. The second-order valence-electron chi connectivity index (χ2n) is 2.99. The van der Waals surface area contributed by atoms with E-state index in [4.69, 9.17) is 0 Å². The summed E-state index contributed by atoms with van der Waals surface area (Å²) in [5, 5.41) is 3.25. The van der Waals surface area contributed by atoms with E-state index in [9.17, 15) is 0 Å². The number of nitrogens with one attached hydrogen (secondary N) is 1. The Morgan fingerprint density at radius 1 is 1.09 bits per heavy atom. The summed E-state index contributed by atoms with van der Waals surface area (Å²) in [5.41, 5.74) is 2.46. The van der Waals surface area contributed by atoms with Gasteiger partial charge in [-0.15, -0.1) is 0 Å². The normalized spacial score (nSPS) is 10.2. The second-order valence-corrected chi connectivity index (χ2v) is 2.99. The Labute approximate surface area is 68.4 Å². The number of hydrogen-bond acceptors (Lipinski definition) is 1. The molecule has 0 bridgehead atoms. The highest BCUT2D eigenvalue weighted by molar-refractivity contribution is 5.46. The molecule has 1 heteroatoms. The van der Waals surface area contributed by atoms with Crippen LogP contribution >= 0.6 is 0 Å². The van der Waals surface area contributed by atoms with Crippen molar-refractivity contribution in [3.05, 3.63) is 35.9 Å². The highest BCUT2D eigenvalue weighted by atomic mass is 14.9. The third-order valence-electron chi connectivity index (χ3n) is 1.45. The molecule has 1 radical (unpaired) electrons. The van der Waals surface area contributed by atoms with E-state index < -0.39 is 0 Å². The van der Waals surface area contributed by atoms with Crippen LogP contribution in [-0.2, 0) is 0 Å². The SMILES string of the molecule is C[C](C)Nc1ccc(C)cc1. The number of anilines is 1. The number of aryl methyl sites for hydroxylation is 1. The van der Waals surface area contributed by atoms with Crippen LogP contribution in [0.4, 0.5) is 5.69 Å².